The first-order valence-electron chi connectivity index (χ1n) is 6.53. The molecule has 2 rings (SSSR count). The van der Waals surface area contributed by atoms with Gasteiger partial charge in [-0.05, 0) is 17.7 Å². The van der Waals surface area contributed by atoms with Crippen molar-refractivity contribution in [1.29, 1.82) is 0 Å². The van der Waals surface area contributed by atoms with Crippen molar-refractivity contribution in [3.63, 3.8) is 0 Å². The zero-order chi connectivity index (χ0) is 17.1. The van der Waals surface area contributed by atoms with Gasteiger partial charge in [0.2, 0.25) is 6.29 Å². The Morgan fingerprint density at radius 3 is 2.52 bits per heavy atom. The molecule has 23 heavy (non-hydrogen) atoms. The fourth-order valence-corrected chi connectivity index (χ4v) is 3.02. The van der Waals surface area contributed by atoms with E-state index in [1.807, 2.05) is 28.9 Å². The van der Waals surface area contributed by atoms with E-state index in [0.29, 0.717) is 11.4 Å². The standard InChI is InChI=1S/C13H15I2NO7/c14-4-5-1-2-6(16-15)7(3-5)22-13-10(19)8(17)9(18)11(23-13)12(20)21/h1-3,8-11,13,16-19H,4H2,(H,20,21)/t8-,9-,10+,11-,13+/m0/s1. The molecule has 0 bridgehead atoms. The third kappa shape index (κ3) is 4.17. The molecule has 1 saturated heterocycles. The largest absolute Gasteiger partial charge is 0.479 e. The van der Waals surface area contributed by atoms with Crippen molar-refractivity contribution < 1.29 is 34.7 Å². The highest BCUT2D eigenvalue weighted by molar-refractivity contribution is 14.1. The molecule has 10 heteroatoms. The fourth-order valence-electron chi connectivity index (χ4n) is 2.10. The lowest BCUT2D eigenvalue weighted by Crippen LogP contribution is -2.61. The van der Waals surface area contributed by atoms with Crippen molar-refractivity contribution in [2.24, 2.45) is 0 Å². The summed E-state index contributed by atoms with van der Waals surface area (Å²) in [6, 6.07) is 5.37. The Bertz CT molecular complexity index is 573. The molecule has 1 aromatic rings. The Hall–Kier alpha value is -0.410. The molecule has 0 unspecified atom stereocenters. The van der Waals surface area contributed by atoms with Gasteiger partial charge in [-0.2, -0.15) is 0 Å². The minimum atomic E-state index is -1.75. The first-order chi connectivity index (χ1) is 10.9. The number of nitrogens with one attached hydrogen (secondary N) is 1. The number of aliphatic hydroxyl groups excluding tert-OH is 3. The van der Waals surface area contributed by atoms with E-state index in [-0.39, 0.29) is 0 Å². The van der Waals surface area contributed by atoms with Gasteiger partial charge >= 0.3 is 5.97 Å². The third-order valence-electron chi connectivity index (χ3n) is 3.36. The van der Waals surface area contributed by atoms with Gasteiger partial charge in [0.1, 0.15) is 24.1 Å². The van der Waals surface area contributed by atoms with Crippen LogP contribution in [0.4, 0.5) is 5.69 Å². The Balaban J connectivity index is 2.25. The lowest BCUT2D eigenvalue weighted by atomic mass is 9.99. The second-order valence-corrected chi connectivity index (χ2v) is 6.21. The van der Waals surface area contributed by atoms with E-state index in [9.17, 15) is 20.1 Å². The second kappa shape index (κ2) is 8.11. The van der Waals surface area contributed by atoms with Crippen LogP contribution in [0.1, 0.15) is 5.56 Å². The highest BCUT2D eigenvalue weighted by Crippen LogP contribution is 2.32. The van der Waals surface area contributed by atoms with Gasteiger partial charge in [-0.1, -0.05) is 28.7 Å². The van der Waals surface area contributed by atoms with Gasteiger partial charge in [0.25, 0.3) is 0 Å². The summed E-state index contributed by atoms with van der Waals surface area (Å²) in [5.74, 6) is -1.12. The number of carboxylic acids is 1. The average Bonchev–Trinajstić information content (AvgIpc) is 2.54. The summed E-state index contributed by atoms with van der Waals surface area (Å²) in [7, 11) is 0. The average molecular weight is 551 g/mol. The number of halogens is 2. The Labute approximate surface area is 159 Å². The number of anilines is 1. The van der Waals surface area contributed by atoms with Crippen LogP contribution in [0.2, 0.25) is 0 Å². The second-order valence-electron chi connectivity index (χ2n) is 4.91. The van der Waals surface area contributed by atoms with Crippen LogP contribution in [0, 0.1) is 0 Å². The van der Waals surface area contributed by atoms with Crippen molar-refractivity contribution in [2.75, 3.05) is 3.53 Å². The van der Waals surface area contributed by atoms with Crippen LogP contribution in [0.5, 0.6) is 5.75 Å². The highest BCUT2D eigenvalue weighted by Gasteiger charge is 2.48. The zero-order valence-electron chi connectivity index (χ0n) is 11.6. The molecule has 5 atom stereocenters. The lowest BCUT2D eigenvalue weighted by Gasteiger charge is -2.38. The zero-order valence-corrected chi connectivity index (χ0v) is 15.9. The van der Waals surface area contributed by atoms with E-state index in [4.69, 9.17) is 14.6 Å². The first-order valence-corrected chi connectivity index (χ1v) is 9.14. The summed E-state index contributed by atoms with van der Waals surface area (Å²) >= 11 is 4.08. The summed E-state index contributed by atoms with van der Waals surface area (Å²) in [6.45, 7) is 0. The van der Waals surface area contributed by atoms with E-state index in [2.05, 4.69) is 26.1 Å². The predicted octanol–water partition coefficient (Wildman–Crippen LogP) is 0.654. The minimum Gasteiger partial charge on any atom is -0.479 e. The van der Waals surface area contributed by atoms with Gasteiger partial charge in [-0.3, -0.25) is 0 Å². The van der Waals surface area contributed by atoms with Crippen molar-refractivity contribution in [2.45, 2.75) is 35.1 Å². The highest BCUT2D eigenvalue weighted by atomic mass is 127. The Kier molecular flexibility index (Phi) is 6.67. The molecule has 0 saturated carbocycles. The van der Waals surface area contributed by atoms with Gasteiger partial charge in [-0.25, -0.2) is 4.79 Å². The minimum absolute atomic E-state index is 0.338. The van der Waals surface area contributed by atoms with Crippen LogP contribution < -0.4 is 8.27 Å². The number of carbonyl (C=O) groups is 1. The molecule has 0 aliphatic carbocycles. The number of ether oxygens (including phenoxy) is 2. The summed E-state index contributed by atoms with van der Waals surface area (Å²) in [5, 5.41) is 38.5. The third-order valence-corrected chi connectivity index (χ3v) is 4.82. The Morgan fingerprint density at radius 1 is 1.26 bits per heavy atom. The topological polar surface area (TPSA) is 128 Å². The maximum Gasteiger partial charge on any atom is 0.335 e. The van der Waals surface area contributed by atoms with Crippen LogP contribution in [-0.2, 0) is 14.0 Å². The van der Waals surface area contributed by atoms with Gasteiger partial charge < -0.3 is 33.4 Å². The molecule has 1 aromatic carbocycles. The summed E-state index contributed by atoms with van der Waals surface area (Å²) in [5.41, 5.74) is 1.55. The maximum atomic E-state index is 11.1. The number of alkyl halides is 1. The van der Waals surface area contributed by atoms with Crippen molar-refractivity contribution >= 4 is 57.1 Å². The molecule has 0 spiro atoms. The molecular formula is C13H15I2NO7. The number of rotatable bonds is 5. The molecule has 1 heterocycles. The van der Waals surface area contributed by atoms with Crippen LogP contribution in [-0.4, -0.2) is 57.1 Å². The molecule has 0 amide bonds. The number of hydrogen-bond donors (Lipinski definition) is 5. The van der Waals surface area contributed by atoms with E-state index in [1.165, 1.54) is 0 Å². The van der Waals surface area contributed by atoms with Crippen LogP contribution >= 0.6 is 45.5 Å². The van der Waals surface area contributed by atoms with E-state index >= 15 is 0 Å². The number of carboxylic acid groups (broad SMARTS) is 1. The molecule has 0 aromatic heterocycles. The number of benzene rings is 1. The molecule has 8 nitrogen and oxygen atoms in total. The van der Waals surface area contributed by atoms with Gasteiger partial charge in [-0.15, -0.1) is 0 Å². The molecule has 1 aliphatic rings. The molecule has 5 N–H and O–H groups in total. The van der Waals surface area contributed by atoms with Gasteiger partial charge in [0.15, 0.2) is 6.10 Å². The smallest absolute Gasteiger partial charge is 0.335 e. The van der Waals surface area contributed by atoms with Gasteiger partial charge in [0, 0.05) is 4.43 Å². The number of aliphatic hydroxyl groups is 3. The van der Waals surface area contributed by atoms with Crippen molar-refractivity contribution in [3.05, 3.63) is 23.8 Å². The predicted molar refractivity (Wildman–Crippen MR) is 96.8 cm³/mol. The maximum absolute atomic E-state index is 11.1. The summed E-state index contributed by atoms with van der Waals surface area (Å²) in [4.78, 5) is 11.1. The van der Waals surface area contributed by atoms with Crippen molar-refractivity contribution in [3.8, 4) is 5.75 Å². The summed E-state index contributed by atoms with van der Waals surface area (Å²) < 4.78 is 14.3. The molecule has 1 fully saturated rings. The molecule has 128 valence electrons. The van der Waals surface area contributed by atoms with Crippen molar-refractivity contribution in [1.82, 2.24) is 0 Å². The first kappa shape index (κ1) is 18.9. The SMILES string of the molecule is O=C(O)[C@H]1O[C@@H](Oc2cc(CI)ccc2NI)[C@H](O)[C@@H](O)[C@@H]1O. The number of hydrogen-bond acceptors (Lipinski definition) is 7. The lowest BCUT2D eigenvalue weighted by molar-refractivity contribution is -0.271. The molecular weight excluding hydrogens is 536 g/mol. The van der Waals surface area contributed by atoms with E-state index < -0.39 is 36.7 Å². The normalized spacial score (nSPS) is 30.7. The fraction of sp³-hybridized carbons (Fsp3) is 0.462. The monoisotopic (exact) mass is 551 g/mol. The molecule has 0 radical (unpaired) electrons. The van der Waals surface area contributed by atoms with Gasteiger partial charge in [0.05, 0.1) is 28.6 Å². The quantitative estimate of drug-likeness (QED) is 0.205. The Morgan fingerprint density at radius 2 is 1.96 bits per heavy atom. The number of aliphatic carboxylic acids is 1. The summed E-state index contributed by atoms with van der Waals surface area (Å²) in [6.07, 6.45) is -8.15. The van der Waals surface area contributed by atoms with Crippen LogP contribution in [0.25, 0.3) is 0 Å². The molecule has 1 aliphatic heterocycles. The van der Waals surface area contributed by atoms with E-state index in [1.54, 1.807) is 12.1 Å². The van der Waals surface area contributed by atoms with Crippen LogP contribution in [0.15, 0.2) is 18.2 Å². The van der Waals surface area contributed by atoms with Crippen LogP contribution in [0.3, 0.4) is 0 Å². The van der Waals surface area contributed by atoms with E-state index in [0.717, 1.165) is 9.99 Å².